The first kappa shape index (κ1) is 9.02. The number of nitrogens with zero attached hydrogens (tertiary/aromatic N) is 2. The number of nitrogens with one attached hydrogen (secondary N) is 1. The first-order chi connectivity index (χ1) is 5.66. The van der Waals surface area contributed by atoms with E-state index in [-0.39, 0.29) is 16.4 Å². The van der Waals surface area contributed by atoms with Crippen LogP contribution in [0.3, 0.4) is 0 Å². The van der Waals surface area contributed by atoms with Gasteiger partial charge in [0.15, 0.2) is 5.69 Å². The molecule has 1 aromatic heterocycles. The Morgan fingerprint density at radius 1 is 1.50 bits per heavy atom. The molecule has 0 aliphatic carbocycles. The molecular formula is C5H3Cl2N3O2. The van der Waals surface area contributed by atoms with E-state index in [1.165, 1.54) is 0 Å². The summed E-state index contributed by atoms with van der Waals surface area (Å²) >= 11 is 10.8. The summed E-state index contributed by atoms with van der Waals surface area (Å²) in [7, 11) is 0. The molecule has 2 N–H and O–H groups in total. The fourth-order valence-electron chi connectivity index (χ4n) is 0.598. The zero-order chi connectivity index (χ0) is 9.14. The summed E-state index contributed by atoms with van der Waals surface area (Å²) in [6.45, 7) is 0. The van der Waals surface area contributed by atoms with Gasteiger partial charge in [0, 0.05) is 5.54 Å². The maximum Gasteiger partial charge on any atom is 0.358 e. The fourth-order valence-corrected chi connectivity index (χ4v) is 0.833. The van der Waals surface area contributed by atoms with Gasteiger partial charge < -0.3 is 5.11 Å². The lowest BCUT2D eigenvalue weighted by molar-refractivity contribution is 0.0690. The minimum absolute atomic E-state index is 0.0270. The molecule has 0 unspecified atom stereocenters. The molecule has 1 heterocycles. The van der Waals surface area contributed by atoms with Gasteiger partial charge in [-0.15, -0.1) is 5.10 Å². The van der Waals surface area contributed by atoms with Crippen molar-refractivity contribution in [2.24, 2.45) is 0 Å². The number of rotatable bonds is 2. The van der Waals surface area contributed by atoms with Crippen molar-refractivity contribution in [2.75, 3.05) is 0 Å². The second kappa shape index (κ2) is 3.55. The third-order valence-electron chi connectivity index (χ3n) is 1.07. The second-order valence-corrected chi connectivity index (χ2v) is 2.41. The Balaban J connectivity index is 3.16. The van der Waals surface area contributed by atoms with E-state index in [1.54, 1.807) is 0 Å². The van der Waals surface area contributed by atoms with Crippen molar-refractivity contribution in [3.8, 4) is 0 Å². The van der Waals surface area contributed by atoms with E-state index < -0.39 is 5.97 Å². The number of halogens is 2. The SMILES string of the molecule is O=C(O)c1n[nH]nc1/C(Cl)=C/Cl. The molecule has 5 nitrogen and oxygen atoms in total. The zero-order valence-electron chi connectivity index (χ0n) is 5.58. The normalized spacial score (nSPS) is 11.7. The highest BCUT2D eigenvalue weighted by Crippen LogP contribution is 2.19. The summed E-state index contributed by atoms with van der Waals surface area (Å²) < 4.78 is 0. The summed E-state index contributed by atoms with van der Waals surface area (Å²) in [5, 5.41) is 17.6. The van der Waals surface area contributed by atoms with Crippen molar-refractivity contribution < 1.29 is 9.90 Å². The summed E-state index contributed by atoms with van der Waals surface area (Å²) in [5.41, 5.74) is 0.794. The average molecular weight is 208 g/mol. The first-order valence-corrected chi connectivity index (χ1v) is 3.58. The van der Waals surface area contributed by atoms with Crippen molar-refractivity contribution in [1.82, 2.24) is 15.4 Å². The van der Waals surface area contributed by atoms with E-state index in [0.717, 1.165) is 5.54 Å². The van der Waals surface area contributed by atoms with E-state index in [0.29, 0.717) is 0 Å². The monoisotopic (exact) mass is 207 g/mol. The van der Waals surface area contributed by atoms with Gasteiger partial charge in [-0.1, -0.05) is 23.2 Å². The van der Waals surface area contributed by atoms with Gasteiger partial charge in [-0.05, 0) is 0 Å². The maximum atomic E-state index is 10.5. The van der Waals surface area contributed by atoms with E-state index in [1.807, 2.05) is 0 Å². The quantitative estimate of drug-likeness (QED) is 0.766. The number of aromatic carboxylic acids is 1. The number of carboxylic acid groups (broad SMARTS) is 1. The Bertz CT molecular complexity index is 333. The van der Waals surface area contributed by atoms with Crippen LogP contribution in [0.4, 0.5) is 0 Å². The van der Waals surface area contributed by atoms with E-state index >= 15 is 0 Å². The molecule has 12 heavy (non-hydrogen) atoms. The highest BCUT2D eigenvalue weighted by molar-refractivity contribution is 6.53. The van der Waals surface area contributed by atoms with Gasteiger partial charge in [0.1, 0.15) is 5.69 Å². The van der Waals surface area contributed by atoms with Gasteiger partial charge in [-0.25, -0.2) is 4.79 Å². The van der Waals surface area contributed by atoms with Crippen molar-refractivity contribution in [3.05, 3.63) is 16.9 Å². The highest BCUT2D eigenvalue weighted by Gasteiger charge is 2.16. The third-order valence-corrected chi connectivity index (χ3v) is 1.69. The molecule has 0 spiro atoms. The van der Waals surface area contributed by atoms with Crippen LogP contribution in [0.2, 0.25) is 0 Å². The standard InChI is InChI=1S/C5H3Cl2N3O2/c6-1-2(7)3-4(5(11)12)9-10-8-3/h1H,(H,11,12)(H,8,9,10)/b2-1-. The Morgan fingerprint density at radius 2 is 2.08 bits per heavy atom. The van der Waals surface area contributed by atoms with Crippen LogP contribution in [0.5, 0.6) is 0 Å². The number of carboxylic acids is 1. The molecule has 1 aromatic rings. The molecular weight excluding hydrogens is 205 g/mol. The summed E-state index contributed by atoms with van der Waals surface area (Å²) in [6, 6.07) is 0. The maximum absolute atomic E-state index is 10.5. The van der Waals surface area contributed by atoms with Crippen molar-refractivity contribution >= 4 is 34.2 Å². The fraction of sp³-hybridized carbons (Fsp3) is 0. The lowest BCUT2D eigenvalue weighted by Crippen LogP contribution is -1.99. The average Bonchev–Trinajstić information content (AvgIpc) is 2.50. The van der Waals surface area contributed by atoms with Crippen molar-refractivity contribution in [2.45, 2.75) is 0 Å². The van der Waals surface area contributed by atoms with Gasteiger partial charge in [0.05, 0.1) is 5.03 Å². The Kier molecular flexibility index (Phi) is 2.67. The predicted molar refractivity (Wildman–Crippen MR) is 43.0 cm³/mol. The molecule has 64 valence electrons. The van der Waals surface area contributed by atoms with Crippen LogP contribution in [0.15, 0.2) is 5.54 Å². The highest BCUT2D eigenvalue weighted by atomic mass is 35.5. The molecule has 0 atom stereocenters. The van der Waals surface area contributed by atoms with Crippen molar-refractivity contribution in [1.29, 1.82) is 0 Å². The lowest BCUT2D eigenvalue weighted by Gasteiger charge is -1.90. The largest absolute Gasteiger partial charge is 0.476 e. The minimum Gasteiger partial charge on any atom is -0.476 e. The van der Waals surface area contributed by atoms with Crippen LogP contribution >= 0.6 is 23.2 Å². The van der Waals surface area contributed by atoms with Gasteiger partial charge in [0.25, 0.3) is 0 Å². The Morgan fingerprint density at radius 3 is 2.58 bits per heavy atom. The molecule has 0 saturated carbocycles. The molecule has 0 radical (unpaired) electrons. The van der Waals surface area contributed by atoms with Crippen LogP contribution < -0.4 is 0 Å². The van der Waals surface area contributed by atoms with Gasteiger partial charge in [-0.2, -0.15) is 10.3 Å². The molecule has 1 rings (SSSR count). The number of hydrogen-bond acceptors (Lipinski definition) is 3. The number of carbonyl (C=O) groups is 1. The number of aromatic nitrogens is 3. The van der Waals surface area contributed by atoms with Gasteiger partial charge in [-0.3, -0.25) is 0 Å². The van der Waals surface area contributed by atoms with Gasteiger partial charge >= 0.3 is 5.97 Å². The summed E-state index contributed by atoms with van der Waals surface area (Å²) in [4.78, 5) is 10.5. The Hall–Kier alpha value is -1.07. The van der Waals surface area contributed by atoms with Gasteiger partial charge in [0.2, 0.25) is 0 Å². The van der Waals surface area contributed by atoms with Crippen LogP contribution in [0.1, 0.15) is 16.2 Å². The number of H-pyrrole nitrogens is 1. The number of hydrogen-bond donors (Lipinski definition) is 2. The van der Waals surface area contributed by atoms with E-state index in [4.69, 9.17) is 28.3 Å². The van der Waals surface area contributed by atoms with Crippen LogP contribution in [-0.2, 0) is 0 Å². The molecule has 0 aliphatic heterocycles. The Labute approximate surface area is 77.0 Å². The van der Waals surface area contributed by atoms with E-state index in [9.17, 15) is 4.79 Å². The van der Waals surface area contributed by atoms with E-state index in [2.05, 4.69) is 15.4 Å². The molecule has 0 bridgehead atoms. The molecule has 7 heteroatoms. The lowest BCUT2D eigenvalue weighted by atomic mass is 10.3. The molecule has 0 aromatic carbocycles. The van der Waals surface area contributed by atoms with Crippen molar-refractivity contribution in [3.63, 3.8) is 0 Å². The summed E-state index contributed by atoms with van der Waals surface area (Å²) in [6.07, 6.45) is 0. The number of aromatic amines is 1. The predicted octanol–water partition coefficient (Wildman–Crippen LogP) is 1.28. The molecule has 0 fully saturated rings. The minimum atomic E-state index is -1.21. The molecule has 0 saturated heterocycles. The first-order valence-electron chi connectivity index (χ1n) is 2.77. The smallest absolute Gasteiger partial charge is 0.358 e. The third kappa shape index (κ3) is 1.57. The van der Waals surface area contributed by atoms with Crippen LogP contribution in [0.25, 0.3) is 5.03 Å². The van der Waals surface area contributed by atoms with Crippen LogP contribution in [-0.4, -0.2) is 26.5 Å². The summed E-state index contributed by atoms with van der Waals surface area (Å²) in [5.74, 6) is -1.21. The molecule has 0 aliphatic rings. The molecule has 0 amide bonds. The topological polar surface area (TPSA) is 78.9 Å². The zero-order valence-corrected chi connectivity index (χ0v) is 7.10. The second-order valence-electron chi connectivity index (χ2n) is 1.78. The van der Waals surface area contributed by atoms with Crippen LogP contribution in [0, 0.1) is 0 Å².